The third-order valence-corrected chi connectivity index (χ3v) is 2.33. The van der Waals surface area contributed by atoms with Gasteiger partial charge in [-0.1, -0.05) is 25.3 Å². The lowest BCUT2D eigenvalue weighted by molar-refractivity contribution is -0.118. The number of ether oxygens (including phenoxy) is 1. The number of amides is 1. The highest BCUT2D eigenvalue weighted by Crippen LogP contribution is 2.15. The summed E-state index contributed by atoms with van der Waals surface area (Å²) < 4.78 is 4.85. The van der Waals surface area contributed by atoms with E-state index >= 15 is 0 Å². The summed E-state index contributed by atoms with van der Waals surface area (Å²) >= 11 is 0. The maximum absolute atomic E-state index is 10.4. The lowest BCUT2D eigenvalue weighted by Gasteiger charge is -1.98. The van der Waals surface area contributed by atoms with E-state index in [2.05, 4.69) is 6.08 Å². The van der Waals surface area contributed by atoms with E-state index in [4.69, 9.17) is 10.5 Å². The lowest BCUT2D eigenvalue weighted by Crippen LogP contribution is -2.09. The minimum atomic E-state index is -0.185. The molecule has 1 aliphatic heterocycles. The van der Waals surface area contributed by atoms with Crippen LogP contribution in [0.5, 0.6) is 0 Å². The molecule has 0 spiro atoms. The topological polar surface area (TPSA) is 55.6 Å². The van der Waals surface area contributed by atoms with E-state index in [-0.39, 0.29) is 5.91 Å². The van der Waals surface area contributed by atoms with Gasteiger partial charge in [0.2, 0.25) is 5.91 Å². The van der Waals surface area contributed by atoms with Crippen molar-refractivity contribution < 1.29 is 9.53 Å². The molecular formula is C12H19NO2. The normalized spacial score (nSPS) is 13.7. The average Bonchev–Trinajstić information content (AvgIpc) is 2.98. The molecule has 0 aromatic rings. The molecule has 1 rings (SSSR count). The van der Waals surface area contributed by atoms with Crippen molar-refractivity contribution in [3.05, 3.63) is 24.2 Å². The van der Waals surface area contributed by atoms with Crippen LogP contribution in [0.4, 0.5) is 0 Å². The highest BCUT2D eigenvalue weighted by atomic mass is 16.5. The van der Waals surface area contributed by atoms with Crippen LogP contribution < -0.4 is 5.73 Å². The first-order valence-electron chi connectivity index (χ1n) is 5.61. The average molecular weight is 209 g/mol. The molecule has 0 saturated carbocycles. The van der Waals surface area contributed by atoms with Crippen molar-refractivity contribution in [3.8, 4) is 0 Å². The van der Waals surface area contributed by atoms with Gasteiger partial charge >= 0.3 is 0 Å². The smallest absolute Gasteiger partial charge is 0.217 e. The first-order chi connectivity index (χ1) is 7.29. The van der Waals surface area contributed by atoms with Crippen LogP contribution >= 0.6 is 0 Å². The predicted octanol–water partition coefficient (Wildman–Crippen LogP) is 2.63. The van der Waals surface area contributed by atoms with Crippen molar-refractivity contribution in [3.63, 3.8) is 0 Å². The Morgan fingerprint density at radius 3 is 2.60 bits per heavy atom. The van der Waals surface area contributed by atoms with Gasteiger partial charge < -0.3 is 10.5 Å². The van der Waals surface area contributed by atoms with Crippen LogP contribution in [0.15, 0.2) is 24.2 Å². The zero-order valence-corrected chi connectivity index (χ0v) is 9.08. The largest absolute Gasteiger partial charge is 0.458 e. The molecule has 0 unspecified atom stereocenters. The summed E-state index contributed by atoms with van der Waals surface area (Å²) in [5.74, 6) is 0.798. The second-order valence-corrected chi connectivity index (χ2v) is 3.81. The number of carbonyl (C=O) groups excluding carboxylic acids is 1. The van der Waals surface area contributed by atoms with Gasteiger partial charge in [-0.15, -0.1) is 0 Å². The number of unbranched alkanes of at least 4 members (excludes halogenated alkanes) is 5. The minimum Gasteiger partial charge on any atom is -0.458 e. The molecule has 0 radical (unpaired) electrons. The van der Waals surface area contributed by atoms with E-state index in [9.17, 15) is 4.79 Å². The summed E-state index contributed by atoms with van der Waals surface area (Å²) in [4.78, 5) is 10.4. The summed E-state index contributed by atoms with van der Waals surface area (Å²) in [6.07, 6.45) is 13.2. The molecule has 1 heterocycles. The van der Waals surface area contributed by atoms with Crippen molar-refractivity contribution in [2.45, 2.75) is 44.9 Å². The Hall–Kier alpha value is -1.25. The molecule has 84 valence electrons. The predicted molar refractivity (Wildman–Crippen MR) is 59.8 cm³/mol. The lowest BCUT2D eigenvalue weighted by atomic mass is 10.1. The summed E-state index contributed by atoms with van der Waals surface area (Å²) in [7, 11) is 0. The van der Waals surface area contributed by atoms with Crippen LogP contribution in [0.1, 0.15) is 44.9 Å². The maximum atomic E-state index is 10.4. The molecular weight excluding hydrogens is 190 g/mol. The maximum Gasteiger partial charge on any atom is 0.217 e. The Morgan fingerprint density at radius 2 is 1.93 bits per heavy atom. The van der Waals surface area contributed by atoms with E-state index in [1.807, 2.05) is 6.08 Å². The summed E-state index contributed by atoms with van der Waals surface area (Å²) in [5.41, 5.74) is 5.04. The number of allylic oxidation sites excluding steroid dienone is 2. The highest BCUT2D eigenvalue weighted by molar-refractivity contribution is 5.73. The monoisotopic (exact) mass is 209 g/mol. The van der Waals surface area contributed by atoms with Crippen LogP contribution in [0.3, 0.4) is 0 Å². The Labute approximate surface area is 91.0 Å². The van der Waals surface area contributed by atoms with Gasteiger partial charge in [0.25, 0.3) is 0 Å². The van der Waals surface area contributed by atoms with Gasteiger partial charge in [-0.3, -0.25) is 4.79 Å². The summed E-state index contributed by atoms with van der Waals surface area (Å²) in [5, 5.41) is 0. The quantitative estimate of drug-likeness (QED) is 0.593. The zero-order chi connectivity index (χ0) is 10.9. The van der Waals surface area contributed by atoms with Crippen LogP contribution in [0.2, 0.25) is 0 Å². The van der Waals surface area contributed by atoms with E-state index in [1.54, 1.807) is 6.26 Å². The van der Waals surface area contributed by atoms with E-state index in [0.717, 1.165) is 25.0 Å². The third kappa shape index (κ3) is 7.79. The van der Waals surface area contributed by atoms with E-state index in [0.29, 0.717) is 6.42 Å². The Balaban J connectivity index is 1.76. The van der Waals surface area contributed by atoms with Crippen LogP contribution in [0.25, 0.3) is 0 Å². The molecule has 3 nitrogen and oxygen atoms in total. The van der Waals surface area contributed by atoms with Gasteiger partial charge in [-0.25, -0.2) is 0 Å². The SMILES string of the molecule is NC(=O)CCCCCCCC=CC1=CO1. The van der Waals surface area contributed by atoms with Crippen LogP contribution in [-0.2, 0) is 9.53 Å². The number of hydrogen-bond donors (Lipinski definition) is 1. The molecule has 2 N–H and O–H groups in total. The molecule has 3 heteroatoms. The minimum absolute atomic E-state index is 0.185. The Bertz CT molecular complexity index is 256. The van der Waals surface area contributed by atoms with Gasteiger partial charge in [-0.2, -0.15) is 0 Å². The van der Waals surface area contributed by atoms with Gasteiger partial charge in [0.15, 0.2) is 5.76 Å². The second-order valence-electron chi connectivity index (χ2n) is 3.81. The molecule has 0 fully saturated rings. The molecule has 1 aliphatic rings. The molecule has 0 saturated heterocycles. The van der Waals surface area contributed by atoms with Gasteiger partial charge in [0.1, 0.15) is 6.26 Å². The summed E-state index contributed by atoms with van der Waals surface area (Å²) in [6.45, 7) is 0. The van der Waals surface area contributed by atoms with Gasteiger partial charge in [-0.05, 0) is 25.3 Å². The highest BCUT2D eigenvalue weighted by Gasteiger charge is 2.02. The van der Waals surface area contributed by atoms with Crippen LogP contribution in [0, 0.1) is 0 Å². The van der Waals surface area contributed by atoms with Gasteiger partial charge in [0.05, 0.1) is 0 Å². The molecule has 0 atom stereocenters. The second kappa shape index (κ2) is 7.10. The molecule has 1 amide bonds. The molecule has 0 bridgehead atoms. The first kappa shape index (κ1) is 11.8. The van der Waals surface area contributed by atoms with Crippen molar-refractivity contribution in [2.24, 2.45) is 5.73 Å². The van der Waals surface area contributed by atoms with E-state index < -0.39 is 0 Å². The number of hydrogen-bond acceptors (Lipinski definition) is 2. The van der Waals surface area contributed by atoms with E-state index in [1.165, 1.54) is 19.3 Å². The number of rotatable bonds is 9. The molecule has 15 heavy (non-hydrogen) atoms. The zero-order valence-electron chi connectivity index (χ0n) is 9.08. The standard InChI is InChI=1S/C12H19NO2/c13-12(14)9-7-5-3-1-2-4-6-8-11-10-15-11/h6,8,10H,1-5,7,9H2,(H2,13,14). The van der Waals surface area contributed by atoms with Crippen molar-refractivity contribution in [1.82, 2.24) is 0 Å². The third-order valence-electron chi connectivity index (χ3n) is 2.33. The van der Waals surface area contributed by atoms with Crippen molar-refractivity contribution in [1.29, 1.82) is 0 Å². The van der Waals surface area contributed by atoms with Gasteiger partial charge in [0, 0.05) is 6.42 Å². The number of nitrogens with two attached hydrogens (primary N) is 1. The Morgan fingerprint density at radius 1 is 1.27 bits per heavy atom. The molecule has 0 aromatic carbocycles. The number of primary amides is 1. The molecule has 0 aromatic heterocycles. The fourth-order valence-corrected chi connectivity index (χ4v) is 1.40. The van der Waals surface area contributed by atoms with Crippen molar-refractivity contribution in [2.75, 3.05) is 0 Å². The van der Waals surface area contributed by atoms with Crippen LogP contribution in [-0.4, -0.2) is 5.91 Å². The van der Waals surface area contributed by atoms with Crippen molar-refractivity contribution >= 4 is 5.91 Å². The first-order valence-corrected chi connectivity index (χ1v) is 5.61. The number of carbonyl (C=O) groups is 1. The Kier molecular flexibility index (Phi) is 5.59. The summed E-state index contributed by atoms with van der Waals surface area (Å²) in [6, 6.07) is 0. The molecule has 0 aliphatic carbocycles. The fourth-order valence-electron chi connectivity index (χ4n) is 1.40. The fraction of sp³-hybridized carbons (Fsp3) is 0.583.